The molecule has 1 aromatic rings. The Bertz CT molecular complexity index is 330. The molecule has 0 aliphatic heterocycles. The number of rotatable bonds is 4. The van der Waals surface area contributed by atoms with Crippen molar-refractivity contribution in [1.82, 2.24) is 0 Å². The molecule has 0 aliphatic rings. The number of nitrogens with two attached hydrogens (primary N) is 1. The van der Waals surface area contributed by atoms with E-state index in [-0.39, 0.29) is 18.8 Å². The monoisotopic (exact) mass is 231 g/mol. The highest BCUT2D eigenvalue weighted by Gasteiger charge is 2.10. The molecule has 0 saturated heterocycles. The summed E-state index contributed by atoms with van der Waals surface area (Å²) in [7, 11) is 1.56. The fourth-order valence-electron chi connectivity index (χ4n) is 1.18. The van der Waals surface area contributed by atoms with Gasteiger partial charge in [-0.3, -0.25) is 4.79 Å². The maximum Gasteiger partial charge on any atom is 0.305 e. The summed E-state index contributed by atoms with van der Waals surface area (Å²) in [6, 6.07) is 6.62. The standard InChI is InChI=1S/C10H13NO3.ClH/c1-14-8-4-2-3-7(5-8)9(11)6-10(12)13;/h2-5,9H,6,11H2,1H3,(H,12,13);1H/t9-;/m1./s1. The summed E-state index contributed by atoms with van der Waals surface area (Å²) in [5.41, 5.74) is 6.45. The van der Waals surface area contributed by atoms with Crippen LogP contribution in [0.3, 0.4) is 0 Å². The Morgan fingerprint density at radius 1 is 1.60 bits per heavy atom. The number of carboxylic acid groups (broad SMARTS) is 1. The van der Waals surface area contributed by atoms with Crippen molar-refractivity contribution in [2.45, 2.75) is 12.5 Å². The van der Waals surface area contributed by atoms with Crippen LogP contribution in [-0.4, -0.2) is 18.2 Å². The number of halogens is 1. The van der Waals surface area contributed by atoms with Crippen molar-refractivity contribution in [3.05, 3.63) is 29.8 Å². The predicted molar refractivity (Wildman–Crippen MR) is 59.4 cm³/mol. The van der Waals surface area contributed by atoms with Crippen LogP contribution in [-0.2, 0) is 4.79 Å². The van der Waals surface area contributed by atoms with Crippen LogP contribution >= 0.6 is 12.4 Å². The minimum Gasteiger partial charge on any atom is -0.497 e. The summed E-state index contributed by atoms with van der Waals surface area (Å²) in [5.74, 6) is -0.219. The quantitative estimate of drug-likeness (QED) is 0.826. The van der Waals surface area contributed by atoms with Gasteiger partial charge in [0.25, 0.3) is 0 Å². The number of benzene rings is 1. The van der Waals surface area contributed by atoms with Crippen molar-refractivity contribution in [3.63, 3.8) is 0 Å². The molecular weight excluding hydrogens is 218 g/mol. The first kappa shape index (κ1) is 13.7. The Morgan fingerprint density at radius 2 is 2.27 bits per heavy atom. The molecule has 0 amide bonds. The van der Waals surface area contributed by atoms with Gasteiger partial charge in [-0.2, -0.15) is 0 Å². The molecule has 1 rings (SSSR count). The van der Waals surface area contributed by atoms with Gasteiger partial charge in [0.15, 0.2) is 0 Å². The van der Waals surface area contributed by atoms with E-state index in [1.54, 1.807) is 31.4 Å². The van der Waals surface area contributed by atoms with Gasteiger partial charge in [-0.1, -0.05) is 12.1 Å². The lowest BCUT2D eigenvalue weighted by molar-refractivity contribution is -0.137. The Balaban J connectivity index is 0.00000196. The van der Waals surface area contributed by atoms with Gasteiger partial charge in [-0.05, 0) is 17.7 Å². The molecule has 1 aromatic carbocycles. The normalized spacial score (nSPS) is 11.3. The average Bonchev–Trinajstić information content (AvgIpc) is 2.17. The highest BCUT2D eigenvalue weighted by atomic mass is 35.5. The van der Waals surface area contributed by atoms with Crippen LogP contribution in [0, 0.1) is 0 Å². The molecule has 84 valence electrons. The molecule has 0 radical (unpaired) electrons. The van der Waals surface area contributed by atoms with Crippen molar-refractivity contribution in [3.8, 4) is 5.75 Å². The van der Waals surface area contributed by atoms with E-state index in [9.17, 15) is 4.79 Å². The first-order chi connectivity index (χ1) is 6.63. The zero-order valence-electron chi connectivity index (χ0n) is 8.34. The van der Waals surface area contributed by atoms with E-state index >= 15 is 0 Å². The Hall–Kier alpha value is -1.26. The van der Waals surface area contributed by atoms with Gasteiger partial charge in [0.05, 0.1) is 13.5 Å². The van der Waals surface area contributed by atoms with Crippen molar-refractivity contribution in [2.24, 2.45) is 5.73 Å². The molecule has 0 aromatic heterocycles. The Morgan fingerprint density at radius 3 is 2.80 bits per heavy atom. The second-order valence-electron chi connectivity index (χ2n) is 2.98. The lowest BCUT2D eigenvalue weighted by Crippen LogP contribution is -2.14. The van der Waals surface area contributed by atoms with Crippen LogP contribution in [0.25, 0.3) is 0 Å². The Kier molecular flexibility index (Phi) is 5.74. The fraction of sp³-hybridized carbons (Fsp3) is 0.300. The van der Waals surface area contributed by atoms with E-state index in [2.05, 4.69) is 0 Å². The van der Waals surface area contributed by atoms with Crippen LogP contribution < -0.4 is 10.5 Å². The molecule has 0 aliphatic carbocycles. The molecule has 15 heavy (non-hydrogen) atoms. The van der Waals surface area contributed by atoms with Crippen LogP contribution in [0.4, 0.5) is 0 Å². The molecular formula is C10H14ClNO3. The van der Waals surface area contributed by atoms with Gasteiger partial charge in [0.2, 0.25) is 0 Å². The fourth-order valence-corrected chi connectivity index (χ4v) is 1.18. The number of methoxy groups -OCH3 is 1. The number of carbonyl (C=O) groups is 1. The van der Waals surface area contributed by atoms with Gasteiger partial charge in [0.1, 0.15) is 5.75 Å². The summed E-state index contributed by atoms with van der Waals surface area (Å²) in [6.45, 7) is 0. The molecule has 0 spiro atoms. The summed E-state index contributed by atoms with van der Waals surface area (Å²) >= 11 is 0. The van der Waals surface area contributed by atoms with Gasteiger partial charge >= 0.3 is 5.97 Å². The van der Waals surface area contributed by atoms with E-state index in [0.29, 0.717) is 5.75 Å². The van der Waals surface area contributed by atoms with Crippen molar-refractivity contribution in [2.75, 3.05) is 7.11 Å². The predicted octanol–water partition coefficient (Wildman–Crippen LogP) is 1.59. The molecule has 0 unspecified atom stereocenters. The summed E-state index contributed by atoms with van der Waals surface area (Å²) in [4.78, 5) is 10.4. The van der Waals surface area contributed by atoms with Gasteiger partial charge in [-0.15, -0.1) is 12.4 Å². The number of aliphatic carboxylic acids is 1. The van der Waals surface area contributed by atoms with E-state index in [4.69, 9.17) is 15.6 Å². The minimum atomic E-state index is -0.902. The van der Waals surface area contributed by atoms with E-state index in [0.717, 1.165) is 5.56 Å². The first-order valence-electron chi connectivity index (χ1n) is 4.25. The third kappa shape index (κ3) is 4.18. The van der Waals surface area contributed by atoms with Gasteiger partial charge < -0.3 is 15.6 Å². The topological polar surface area (TPSA) is 72.5 Å². The van der Waals surface area contributed by atoms with Gasteiger partial charge in [-0.25, -0.2) is 0 Å². The first-order valence-corrected chi connectivity index (χ1v) is 4.25. The van der Waals surface area contributed by atoms with Gasteiger partial charge in [0, 0.05) is 6.04 Å². The Labute approximate surface area is 94.5 Å². The zero-order valence-corrected chi connectivity index (χ0v) is 9.16. The third-order valence-corrected chi connectivity index (χ3v) is 1.92. The SMILES string of the molecule is COc1cccc([C@H](N)CC(=O)O)c1.Cl. The largest absolute Gasteiger partial charge is 0.497 e. The molecule has 1 atom stereocenters. The maximum absolute atomic E-state index is 10.4. The van der Waals surface area contributed by atoms with Crippen molar-refractivity contribution in [1.29, 1.82) is 0 Å². The second kappa shape index (κ2) is 6.27. The van der Waals surface area contributed by atoms with Crippen LogP contribution in [0.15, 0.2) is 24.3 Å². The highest BCUT2D eigenvalue weighted by molar-refractivity contribution is 5.85. The van der Waals surface area contributed by atoms with Crippen LogP contribution in [0.5, 0.6) is 5.75 Å². The number of carboxylic acids is 1. The summed E-state index contributed by atoms with van der Waals surface area (Å²) < 4.78 is 5.01. The molecule has 0 bridgehead atoms. The van der Waals surface area contributed by atoms with Crippen molar-refractivity contribution < 1.29 is 14.6 Å². The molecule has 0 fully saturated rings. The highest BCUT2D eigenvalue weighted by Crippen LogP contribution is 2.19. The molecule has 3 N–H and O–H groups in total. The minimum absolute atomic E-state index is 0. The van der Waals surface area contributed by atoms with E-state index in [1.807, 2.05) is 0 Å². The zero-order chi connectivity index (χ0) is 10.6. The van der Waals surface area contributed by atoms with Crippen molar-refractivity contribution >= 4 is 18.4 Å². The summed E-state index contributed by atoms with van der Waals surface area (Å²) in [6.07, 6.45) is -0.0762. The lowest BCUT2D eigenvalue weighted by atomic mass is 10.0. The number of hydrogen-bond acceptors (Lipinski definition) is 3. The maximum atomic E-state index is 10.4. The second-order valence-corrected chi connectivity index (χ2v) is 2.98. The molecule has 0 saturated carbocycles. The summed E-state index contributed by atoms with van der Waals surface area (Å²) in [5, 5.41) is 8.56. The third-order valence-electron chi connectivity index (χ3n) is 1.92. The molecule has 5 heteroatoms. The van der Waals surface area contributed by atoms with E-state index in [1.165, 1.54) is 0 Å². The van der Waals surface area contributed by atoms with Crippen LogP contribution in [0.1, 0.15) is 18.0 Å². The molecule has 0 heterocycles. The smallest absolute Gasteiger partial charge is 0.305 e. The molecule has 4 nitrogen and oxygen atoms in total. The average molecular weight is 232 g/mol. The van der Waals surface area contributed by atoms with E-state index < -0.39 is 12.0 Å². The lowest BCUT2D eigenvalue weighted by Gasteiger charge is -2.10. The number of ether oxygens (including phenoxy) is 1. The van der Waals surface area contributed by atoms with Crippen LogP contribution in [0.2, 0.25) is 0 Å². The number of hydrogen-bond donors (Lipinski definition) is 2.